The second-order valence-corrected chi connectivity index (χ2v) is 5.06. The minimum absolute atomic E-state index is 0.545. The number of rotatable bonds is 3. The smallest absolute Gasteiger partial charge is 0.144 e. The van der Waals surface area contributed by atoms with Crippen LogP contribution < -0.4 is 5.32 Å². The van der Waals surface area contributed by atoms with Crippen LogP contribution >= 0.6 is 11.3 Å². The first-order valence-corrected chi connectivity index (χ1v) is 6.62. The molecule has 3 aromatic rings. The zero-order chi connectivity index (χ0) is 13.1. The van der Waals surface area contributed by atoms with E-state index in [0.29, 0.717) is 17.9 Å². The summed E-state index contributed by atoms with van der Waals surface area (Å²) < 4.78 is 1.17. The summed E-state index contributed by atoms with van der Waals surface area (Å²) in [7, 11) is 0. The van der Waals surface area contributed by atoms with E-state index < -0.39 is 0 Å². The Morgan fingerprint density at radius 3 is 2.95 bits per heavy atom. The molecule has 2 heterocycles. The van der Waals surface area contributed by atoms with E-state index in [1.54, 1.807) is 29.7 Å². The van der Waals surface area contributed by atoms with Crippen LogP contribution in [0.4, 0.5) is 5.82 Å². The number of fused-ring (bicyclic) bond motifs is 1. The van der Waals surface area contributed by atoms with E-state index >= 15 is 0 Å². The van der Waals surface area contributed by atoms with Gasteiger partial charge < -0.3 is 5.32 Å². The SMILES string of the molecule is N#Cc1cccnc1NCc1nc2ccccc2s1. The van der Waals surface area contributed by atoms with Crippen LogP contribution in [0.3, 0.4) is 0 Å². The molecular weight excluding hydrogens is 256 g/mol. The predicted molar refractivity (Wildman–Crippen MR) is 75.9 cm³/mol. The number of pyridine rings is 1. The highest BCUT2D eigenvalue weighted by atomic mass is 32.1. The Morgan fingerprint density at radius 2 is 2.11 bits per heavy atom. The molecule has 0 saturated carbocycles. The Balaban J connectivity index is 1.81. The summed E-state index contributed by atoms with van der Waals surface area (Å²) in [5.74, 6) is 0.601. The highest BCUT2D eigenvalue weighted by Crippen LogP contribution is 2.22. The van der Waals surface area contributed by atoms with E-state index in [0.717, 1.165) is 10.5 Å². The molecule has 5 heteroatoms. The molecule has 0 radical (unpaired) electrons. The normalized spacial score (nSPS) is 10.3. The van der Waals surface area contributed by atoms with Gasteiger partial charge in [0.2, 0.25) is 0 Å². The first-order valence-electron chi connectivity index (χ1n) is 5.80. The van der Waals surface area contributed by atoms with Crippen molar-refractivity contribution in [3.63, 3.8) is 0 Å². The van der Waals surface area contributed by atoms with Gasteiger partial charge in [0.25, 0.3) is 0 Å². The van der Waals surface area contributed by atoms with Crippen LogP contribution in [0.25, 0.3) is 10.2 Å². The van der Waals surface area contributed by atoms with Crippen LogP contribution in [0.2, 0.25) is 0 Å². The zero-order valence-corrected chi connectivity index (χ0v) is 10.8. The molecule has 4 nitrogen and oxygen atoms in total. The van der Waals surface area contributed by atoms with Crippen molar-refractivity contribution in [2.24, 2.45) is 0 Å². The number of hydrogen-bond acceptors (Lipinski definition) is 5. The maximum atomic E-state index is 8.99. The second-order valence-electron chi connectivity index (χ2n) is 3.94. The van der Waals surface area contributed by atoms with Crippen molar-refractivity contribution >= 4 is 27.4 Å². The van der Waals surface area contributed by atoms with Crippen molar-refractivity contribution in [2.75, 3.05) is 5.32 Å². The van der Waals surface area contributed by atoms with Crippen molar-refractivity contribution in [1.29, 1.82) is 5.26 Å². The summed E-state index contributed by atoms with van der Waals surface area (Å²) in [4.78, 5) is 8.69. The molecule has 0 amide bonds. The van der Waals surface area contributed by atoms with Crippen LogP contribution in [0.15, 0.2) is 42.6 Å². The van der Waals surface area contributed by atoms with Crippen LogP contribution in [0.1, 0.15) is 10.6 Å². The Kier molecular flexibility index (Phi) is 3.09. The minimum Gasteiger partial charge on any atom is -0.362 e. The Morgan fingerprint density at radius 1 is 1.21 bits per heavy atom. The van der Waals surface area contributed by atoms with Gasteiger partial charge in [0.1, 0.15) is 16.9 Å². The summed E-state index contributed by atoms with van der Waals surface area (Å²) in [6, 6.07) is 13.6. The molecule has 92 valence electrons. The number of aromatic nitrogens is 2. The third kappa shape index (κ3) is 2.39. The van der Waals surface area contributed by atoms with Gasteiger partial charge in [-0.05, 0) is 24.3 Å². The monoisotopic (exact) mass is 266 g/mol. The second kappa shape index (κ2) is 5.04. The van der Waals surface area contributed by atoms with Crippen LogP contribution in [0.5, 0.6) is 0 Å². The topological polar surface area (TPSA) is 61.6 Å². The maximum absolute atomic E-state index is 8.99. The average molecular weight is 266 g/mol. The van der Waals surface area contributed by atoms with Gasteiger partial charge in [0.05, 0.1) is 22.3 Å². The van der Waals surface area contributed by atoms with Crippen molar-refractivity contribution in [2.45, 2.75) is 6.54 Å². The molecule has 0 atom stereocenters. The third-order valence-electron chi connectivity index (χ3n) is 2.67. The van der Waals surface area contributed by atoms with Crippen molar-refractivity contribution in [1.82, 2.24) is 9.97 Å². The fourth-order valence-corrected chi connectivity index (χ4v) is 2.70. The van der Waals surface area contributed by atoms with Gasteiger partial charge >= 0.3 is 0 Å². The molecule has 0 saturated heterocycles. The summed E-state index contributed by atoms with van der Waals surface area (Å²) in [6.45, 7) is 0.574. The average Bonchev–Trinajstić information content (AvgIpc) is 2.88. The van der Waals surface area contributed by atoms with Gasteiger partial charge in [-0.3, -0.25) is 0 Å². The Labute approximate surface area is 114 Å². The molecule has 19 heavy (non-hydrogen) atoms. The quantitative estimate of drug-likeness (QED) is 0.791. The van der Waals surface area contributed by atoms with E-state index in [9.17, 15) is 0 Å². The van der Waals surface area contributed by atoms with E-state index in [4.69, 9.17) is 5.26 Å². The molecular formula is C14H10N4S. The summed E-state index contributed by atoms with van der Waals surface area (Å²) in [5.41, 5.74) is 1.55. The molecule has 0 aliphatic carbocycles. The van der Waals surface area contributed by atoms with Gasteiger partial charge in [-0.2, -0.15) is 5.26 Å². The highest BCUT2D eigenvalue weighted by Gasteiger charge is 2.05. The van der Waals surface area contributed by atoms with Crippen LogP contribution in [0, 0.1) is 11.3 Å². The predicted octanol–water partition coefficient (Wildman–Crippen LogP) is 3.18. The van der Waals surface area contributed by atoms with Crippen LogP contribution in [-0.4, -0.2) is 9.97 Å². The lowest BCUT2D eigenvalue weighted by Gasteiger charge is -2.03. The van der Waals surface area contributed by atoms with Crippen molar-refractivity contribution < 1.29 is 0 Å². The zero-order valence-electron chi connectivity index (χ0n) is 10.00. The number of benzene rings is 1. The number of thiazole rings is 1. The number of para-hydroxylation sites is 1. The largest absolute Gasteiger partial charge is 0.362 e. The molecule has 0 fully saturated rings. The Bertz CT molecular complexity index is 724. The van der Waals surface area contributed by atoms with E-state index in [-0.39, 0.29) is 0 Å². The van der Waals surface area contributed by atoms with E-state index in [2.05, 4.69) is 27.4 Å². The van der Waals surface area contributed by atoms with Gasteiger partial charge in [0.15, 0.2) is 0 Å². The van der Waals surface area contributed by atoms with Gasteiger partial charge in [-0.1, -0.05) is 12.1 Å². The van der Waals surface area contributed by atoms with Gasteiger partial charge in [-0.15, -0.1) is 11.3 Å². The van der Waals surface area contributed by atoms with Crippen LogP contribution in [-0.2, 0) is 6.54 Å². The van der Waals surface area contributed by atoms with Gasteiger partial charge in [0, 0.05) is 6.20 Å². The fraction of sp³-hybridized carbons (Fsp3) is 0.0714. The van der Waals surface area contributed by atoms with E-state index in [1.165, 1.54) is 4.70 Å². The lowest BCUT2D eigenvalue weighted by atomic mass is 10.3. The number of nitrogens with zero attached hydrogens (tertiary/aromatic N) is 3. The first-order chi connectivity index (χ1) is 9.36. The first kappa shape index (κ1) is 11.6. The number of nitriles is 1. The lowest BCUT2D eigenvalue weighted by molar-refractivity contribution is 1.08. The molecule has 0 unspecified atom stereocenters. The molecule has 2 aromatic heterocycles. The summed E-state index contributed by atoms with van der Waals surface area (Å²) in [6.07, 6.45) is 1.67. The molecule has 3 rings (SSSR count). The van der Waals surface area contributed by atoms with Crippen molar-refractivity contribution in [3.8, 4) is 6.07 Å². The highest BCUT2D eigenvalue weighted by molar-refractivity contribution is 7.18. The van der Waals surface area contributed by atoms with E-state index in [1.807, 2.05) is 18.2 Å². The standard InChI is InChI=1S/C14H10N4S/c15-8-10-4-3-7-16-14(10)17-9-13-18-11-5-1-2-6-12(11)19-13/h1-7H,9H2,(H,16,17). The summed E-state index contributed by atoms with van der Waals surface area (Å²) >= 11 is 1.65. The molecule has 0 spiro atoms. The van der Waals surface area contributed by atoms with Crippen molar-refractivity contribution in [3.05, 3.63) is 53.2 Å². The Hall–Kier alpha value is -2.45. The number of anilines is 1. The third-order valence-corrected chi connectivity index (χ3v) is 3.71. The fourth-order valence-electron chi connectivity index (χ4n) is 1.79. The number of hydrogen-bond donors (Lipinski definition) is 1. The van der Waals surface area contributed by atoms with Gasteiger partial charge in [-0.25, -0.2) is 9.97 Å². The molecule has 0 aliphatic heterocycles. The number of nitrogens with one attached hydrogen (secondary N) is 1. The molecule has 0 aliphatic rings. The molecule has 0 bridgehead atoms. The maximum Gasteiger partial charge on any atom is 0.144 e. The summed E-state index contributed by atoms with van der Waals surface area (Å²) in [5, 5.41) is 13.1. The molecule has 1 N–H and O–H groups in total. The lowest BCUT2D eigenvalue weighted by Crippen LogP contribution is -2.02. The molecule has 1 aromatic carbocycles. The minimum atomic E-state index is 0.545.